The molecule has 0 spiro atoms. The molecule has 130 valence electrons. The van der Waals surface area contributed by atoms with E-state index in [1.165, 1.54) is 16.3 Å². The van der Waals surface area contributed by atoms with Gasteiger partial charge in [0.05, 0.1) is 0 Å². The summed E-state index contributed by atoms with van der Waals surface area (Å²) in [5, 5.41) is 6.14. The number of carbonyl (C=O) groups is 1. The fourth-order valence-electron chi connectivity index (χ4n) is 3.41. The smallest absolute Gasteiger partial charge is 0.251 e. The summed E-state index contributed by atoms with van der Waals surface area (Å²) in [6.45, 7) is 0.614. The maximum Gasteiger partial charge on any atom is 0.251 e. The van der Waals surface area contributed by atoms with Crippen LogP contribution >= 0.6 is 12.2 Å². The summed E-state index contributed by atoms with van der Waals surface area (Å²) in [4.78, 5) is 14.5. The Morgan fingerprint density at radius 3 is 2.42 bits per heavy atom. The molecule has 1 heterocycles. The van der Waals surface area contributed by atoms with Crippen molar-refractivity contribution in [1.29, 1.82) is 0 Å². The molecule has 1 N–H and O–H groups in total. The van der Waals surface area contributed by atoms with Crippen molar-refractivity contribution in [2.24, 2.45) is 0 Å². The van der Waals surface area contributed by atoms with Gasteiger partial charge in [-0.3, -0.25) is 9.69 Å². The lowest BCUT2D eigenvalue weighted by atomic mass is 10.0. The Labute approximate surface area is 158 Å². The van der Waals surface area contributed by atoms with Gasteiger partial charge in [0.15, 0.2) is 5.11 Å². The molecule has 0 aliphatic carbocycles. The zero-order chi connectivity index (χ0) is 17.9. The van der Waals surface area contributed by atoms with Crippen LogP contribution in [0.15, 0.2) is 72.8 Å². The van der Waals surface area contributed by atoms with Gasteiger partial charge >= 0.3 is 0 Å². The first-order valence-corrected chi connectivity index (χ1v) is 9.25. The van der Waals surface area contributed by atoms with Gasteiger partial charge < -0.3 is 5.32 Å². The lowest BCUT2D eigenvalue weighted by Gasteiger charge is -2.15. The van der Waals surface area contributed by atoms with Crippen LogP contribution in [0.5, 0.6) is 0 Å². The molecule has 1 aliphatic rings. The fourth-order valence-corrected chi connectivity index (χ4v) is 3.74. The number of nitrogens with zero attached hydrogens (tertiary/aromatic N) is 1. The summed E-state index contributed by atoms with van der Waals surface area (Å²) in [6.07, 6.45) is 1.45. The number of amides is 1. The second kappa shape index (κ2) is 7.26. The summed E-state index contributed by atoms with van der Waals surface area (Å²) in [5.74, 6) is 0.0686. The Balaban J connectivity index is 1.44. The second-order valence-electron chi connectivity index (χ2n) is 6.61. The number of thiocarbonyl (C=S) groups is 1. The van der Waals surface area contributed by atoms with E-state index in [2.05, 4.69) is 47.8 Å². The standard InChI is InChI=1S/C22H20N2OS/c25-21-20(15-17-10-11-18-8-4-5-9-19(18)14-17)23-22(26)24(21)13-12-16-6-2-1-3-7-16/h1-11,14,20H,12-13,15H2,(H,23,26)/t20-/m1/s1. The molecule has 0 radical (unpaired) electrons. The van der Waals surface area contributed by atoms with Gasteiger partial charge in [0.2, 0.25) is 0 Å². The van der Waals surface area contributed by atoms with E-state index in [4.69, 9.17) is 12.2 Å². The topological polar surface area (TPSA) is 32.3 Å². The largest absolute Gasteiger partial charge is 0.350 e. The Kier molecular flexibility index (Phi) is 4.67. The van der Waals surface area contributed by atoms with Gasteiger partial charge in [0, 0.05) is 13.0 Å². The average molecular weight is 360 g/mol. The van der Waals surface area contributed by atoms with Gasteiger partial charge in [0.1, 0.15) is 6.04 Å². The number of hydrogen-bond acceptors (Lipinski definition) is 2. The SMILES string of the molecule is O=C1[C@@H](Cc2ccc3ccccc3c2)NC(=S)N1CCc1ccccc1. The molecule has 1 aliphatic heterocycles. The van der Waals surface area contributed by atoms with E-state index in [-0.39, 0.29) is 11.9 Å². The molecule has 4 heteroatoms. The van der Waals surface area contributed by atoms with Crippen molar-refractivity contribution in [3.05, 3.63) is 83.9 Å². The summed E-state index contributed by atoms with van der Waals surface area (Å²) in [6, 6.07) is 24.5. The Hall–Kier alpha value is -2.72. The minimum absolute atomic E-state index is 0.0686. The average Bonchev–Trinajstić information content (AvgIpc) is 2.94. The lowest BCUT2D eigenvalue weighted by Crippen LogP contribution is -2.33. The highest BCUT2D eigenvalue weighted by Crippen LogP contribution is 2.19. The lowest BCUT2D eigenvalue weighted by molar-refractivity contribution is -0.127. The van der Waals surface area contributed by atoms with E-state index in [0.29, 0.717) is 18.1 Å². The monoisotopic (exact) mass is 360 g/mol. The van der Waals surface area contributed by atoms with E-state index in [1.54, 1.807) is 4.90 Å². The van der Waals surface area contributed by atoms with E-state index in [9.17, 15) is 4.79 Å². The highest BCUT2D eigenvalue weighted by atomic mass is 32.1. The Morgan fingerprint density at radius 2 is 1.62 bits per heavy atom. The summed E-state index contributed by atoms with van der Waals surface area (Å²) >= 11 is 5.40. The molecule has 1 fully saturated rings. The molecule has 26 heavy (non-hydrogen) atoms. The van der Waals surface area contributed by atoms with Gasteiger partial charge in [0.25, 0.3) is 5.91 Å². The normalized spacial score (nSPS) is 16.9. The number of carbonyl (C=O) groups excluding carboxylic acids is 1. The predicted molar refractivity (Wildman–Crippen MR) is 109 cm³/mol. The van der Waals surface area contributed by atoms with Crippen molar-refractivity contribution in [3.8, 4) is 0 Å². The predicted octanol–water partition coefficient (Wildman–Crippen LogP) is 3.71. The Bertz CT molecular complexity index is 955. The highest BCUT2D eigenvalue weighted by Gasteiger charge is 2.34. The molecule has 4 rings (SSSR count). The molecule has 3 nitrogen and oxygen atoms in total. The van der Waals surface area contributed by atoms with E-state index in [0.717, 1.165) is 12.0 Å². The van der Waals surface area contributed by atoms with Crippen molar-refractivity contribution in [1.82, 2.24) is 10.2 Å². The maximum absolute atomic E-state index is 12.8. The first-order valence-electron chi connectivity index (χ1n) is 8.84. The number of fused-ring (bicyclic) bond motifs is 1. The molecule has 1 atom stereocenters. The third-order valence-corrected chi connectivity index (χ3v) is 5.17. The first-order chi connectivity index (χ1) is 12.7. The number of nitrogens with one attached hydrogen (secondary N) is 1. The fraction of sp³-hybridized carbons (Fsp3) is 0.182. The van der Waals surface area contributed by atoms with Crippen LogP contribution in [0, 0.1) is 0 Å². The van der Waals surface area contributed by atoms with Crippen LogP contribution in [0.3, 0.4) is 0 Å². The Morgan fingerprint density at radius 1 is 0.885 bits per heavy atom. The summed E-state index contributed by atoms with van der Waals surface area (Å²) < 4.78 is 0. The zero-order valence-corrected chi connectivity index (χ0v) is 15.2. The maximum atomic E-state index is 12.8. The third kappa shape index (κ3) is 3.46. The molecule has 3 aromatic carbocycles. The van der Waals surface area contributed by atoms with Crippen LogP contribution in [0.25, 0.3) is 10.8 Å². The summed E-state index contributed by atoms with van der Waals surface area (Å²) in [7, 11) is 0. The van der Waals surface area contributed by atoms with Crippen LogP contribution in [-0.4, -0.2) is 28.5 Å². The van der Waals surface area contributed by atoms with E-state index < -0.39 is 0 Å². The van der Waals surface area contributed by atoms with Crippen molar-refractivity contribution >= 4 is 34.0 Å². The molecule has 3 aromatic rings. The van der Waals surface area contributed by atoms with Gasteiger partial charge in [-0.25, -0.2) is 0 Å². The second-order valence-corrected chi connectivity index (χ2v) is 7.00. The van der Waals surface area contributed by atoms with Crippen molar-refractivity contribution in [2.45, 2.75) is 18.9 Å². The van der Waals surface area contributed by atoms with E-state index >= 15 is 0 Å². The van der Waals surface area contributed by atoms with Crippen LogP contribution in [0.2, 0.25) is 0 Å². The van der Waals surface area contributed by atoms with E-state index in [1.807, 2.05) is 30.3 Å². The molecule has 0 unspecified atom stereocenters. The summed E-state index contributed by atoms with van der Waals surface area (Å²) in [5.41, 5.74) is 2.35. The van der Waals surface area contributed by atoms with Crippen LogP contribution in [0.4, 0.5) is 0 Å². The molecule has 1 amide bonds. The minimum Gasteiger partial charge on any atom is -0.350 e. The van der Waals surface area contributed by atoms with Crippen molar-refractivity contribution in [2.75, 3.05) is 6.54 Å². The number of benzene rings is 3. The molecule has 0 aromatic heterocycles. The van der Waals surface area contributed by atoms with Gasteiger partial charge in [-0.15, -0.1) is 0 Å². The van der Waals surface area contributed by atoms with Crippen molar-refractivity contribution < 1.29 is 4.79 Å². The quantitative estimate of drug-likeness (QED) is 0.704. The highest BCUT2D eigenvalue weighted by molar-refractivity contribution is 7.80. The van der Waals surface area contributed by atoms with Crippen LogP contribution in [-0.2, 0) is 17.6 Å². The number of rotatable bonds is 5. The number of hydrogen-bond donors (Lipinski definition) is 1. The molecule has 0 saturated carbocycles. The first kappa shape index (κ1) is 16.7. The zero-order valence-electron chi connectivity index (χ0n) is 14.4. The van der Waals surface area contributed by atoms with Crippen molar-refractivity contribution in [3.63, 3.8) is 0 Å². The molecule has 0 bridgehead atoms. The molecular formula is C22H20N2OS. The molecule has 1 saturated heterocycles. The van der Waals surface area contributed by atoms with Crippen LogP contribution < -0.4 is 5.32 Å². The van der Waals surface area contributed by atoms with Gasteiger partial charge in [-0.05, 0) is 40.5 Å². The van der Waals surface area contributed by atoms with Crippen LogP contribution in [0.1, 0.15) is 11.1 Å². The minimum atomic E-state index is -0.278. The third-order valence-electron chi connectivity index (χ3n) is 4.83. The van der Waals surface area contributed by atoms with Gasteiger partial charge in [-0.1, -0.05) is 72.8 Å². The van der Waals surface area contributed by atoms with Gasteiger partial charge in [-0.2, -0.15) is 0 Å². The molecular weight excluding hydrogens is 340 g/mol.